The number of rotatable bonds is 6. The normalized spacial score (nSPS) is 10.1. The van der Waals surface area contributed by atoms with E-state index >= 15 is 0 Å². The van der Waals surface area contributed by atoms with Gasteiger partial charge in [0, 0.05) is 11.0 Å². The van der Waals surface area contributed by atoms with Crippen LogP contribution in [0.2, 0.25) is 0 Å². The van der Waals surface area contributed by atoms with E-state index in [4.69, 9.17) is 15.2 Å². The Bertz CT molecular complexity index is 305. The summed E-state index contributed by atoms with van der Waals surface area (Å²) in [6, 6.07) is 5.84. The molecule has 0 radical (unpaired) electrons. The second-order valence-electron chi connectivity index (χ2n) is 3.01. The lowest BCUT2D eigenvalue weighted by Crippen LogP contribution is -1.99. The molecule has 1 aromatic rings. The summed E-state index contributed by atoms with van der Waals surface area (Å²) in [4.78, 5) is 1.13. The van der Waals surface area contributed by atoms with E-state index in [0.29, 0.717) is 0 Å². The van der Waals surface area contributed by atoms with E-state index in [1.54, 1.807) is 26.0 Å². The van der Waals surface area contributed by atoms with Gasteiger partial charge in [0.05, 0.1) is 14.2 Å². The van der Waals surface area contributed by atoms with Gasteiger partial charge in [0.2, 0.25) is 0 Å². The van der Waals surface area contributed by atoms with Crippen molar-refractivity contribution in [3.63, 3.8) is 0 Å². The Balaban J connectivity index is 2.69. The van der Waals surface area contributed by atoms with Gasteiger partial charge in [0.1, 0.15) is 11.5 Å². The van der Waals surface area contributed by atoms with Crippen molar-refractivity contribution in [3.05, 3.63) is 18.2 Å². The quantitative estimate of drug-likeness (QED) is 0.597. The highest BCUT2D eigenvalue weighted by atomic mass is 32.2. The molecule has 0 aliphatic rings. The second kappa shape index (κ2) is 6.58. The number of hydrogen-bond donors (Lipinski definition) is 1. The first kappa shape index (κ1) is 12.2. The summed E-state index contributed by atoms with van der Waals surface area (Å²) in [5, 5.41) is 0. The number of thioether (sulfide) groups is 1. The smallest absolute Gasteiger partial charge is 0.136 e. The molecule has 0 fully saturated rings. The first-order valence-corrected chi connectivity index (χ1v) is 5.85. The lowest BCUT2D eigenvalue weighted by molar-refractivity contribution is 0.387. The molecule has 1 rings (SSSR count). The van der Waals surface area contributed by atoms with Gasteiger partial charge in [-0.05, 0) is 30.9 Å². The molecular formula is C11H17NO2S. The van der Waals surface area contributed by atoms with Crippen LogP contribution in [0.15, 0.2) is 23.1 Å². The minimum atomic E-state index is 0.728. The third-order valence-corrected chi connectivity index (χ3v) is 3.12. The molecule has 0 aliphatic heterocycles. The average molecular weight is 227 g/mol. The van der Waals surface area contributed by atoms with Crippen molar-refractivity contribution in [3.8, 4) is 11.5 Å². The zero-order chi connectivity index (χ0) is 11.1. The fraction of sp³-hybridized carbons (Fsp3) is 0.455. The standard InChI is InChI=1S/C11H17NO2S/c1-13-9-4-5-11(10(8-9)14-2)15-7-3-6-12/h4-5,8H,3,6-7,12H2,1-2H3. The van der Waals surface area contributed by atoms with E-state index in [1.807, 2.05) is 18.2 Å². The van der Waals surface area contributed by atoms with E-state index in [-0.39, 0.29) is 0 Å². The van der Waals surface area contributed by atoms with E-state index < -0.39 is 0 Å². The average Bonchev–Trinajstić information content (AvgIpc) is 2.29. The first-order valence-electron chi connectivity index (χ1n) is 4.86. The van der Waals surface area contributed by atoms with Gasteiger partial charge in [-0.15, -0.1) is 11.8 Å². The molecule has 0 aromatic heterocycles. The summed E-state index contributed by atoms with van der Waals surface area (Å²) in [7, 11) is 3.32. The van der Waals surface area contributed by atoms with Crippen LogP contribution in [0, 0.1) is 0 Å². The van der Waals surface area contributed by atoms with E-state index in [1.165, 1.54) is 0 Å². The molecule has 2 N–H and O–H groups in total. The minimum Gasteiger partial charge on any atom is -0.497 e. The van der Waals surface area contributed by atoms with Crippen LogP contribution in [0.5, 0.6) is 11.5 Å². The molecule has 84 valence electrons. The van der Waals surface area contributed by atoms with Gasteiger partial charge < -0.3 is 15.2 Å². The van der Waals surface area contributed by atoms with Gasteiger partial charge in [0.15, 0.2) is 0 Å². The molecular weight excluding hydrogens is 210 g/mol. The molecule has 0 unspecified atom stereocenters. The molecule has 0 aliphatic carbocycles. The van der Waals surface area contributed by atoms with Crippen LogP contribution in [0.4, 0.5) is 0 Å². The highest BCUT2D eigenvalue weighted by Crippen LogP contribution is 2.32. The fourth-order valence-corrected chi connectivity index (χ4v) is 2.14. The highest BCUT2D eigenvalue weighted by Gasteiger charge is 2.04. The lowest BCUT2D eigenvalue weighted by atomic mass is 10.3. The predicted molar refractivity (Wildman–Crippen MR) is 63.9 cm³/mol. The van der Waals surface area contributed by atoms with Crippen LogP contribution in [-0.4, -0.2) is 26.5 Å². The van der Waals surface area contributed by atoms with Crippen LogP contribution in [0.25, 0.3) is 0 Å². The summed E-state index contributed by atoms with van der Waals surface area (Å²) in [6.07, 6.45) is 1.01. The molecule has 0 spiro atoms. The second-order valence-corrected chi connectivity index (χ2v) is 4.14. The van der Waals surface area contributed by atoms with Crippen LogP contribution < -0.4 is 15.2 Å². The Morgan fingerprint density at radius 1 is 1.27 bits per heavy atom. The van der Waals surface area contributed by atoms with Crippen LogP contribution in [0.3, 0.4) is 0 Å². The van der Waals surface area contributed by atoms with Gasteiger partial charge in [-0.2, -0.15) is 0 Å². The molecule has 0 amide bonds. The summed E-state index contributed by atoms with van der Waals surface area (Å²) in [5.74, 6) is 2.69. The zero-order valence-electron chi connectivity index (χ0n) is 9.16. The molecule has 0 atom stereocenters. The first-order chi connectivity index (χ1) is 7.31. The molecule has 15 heavy (non-hydrogen) atoms. The van der Waals surface area contributed by atoms with E-state index in [0.717, 1.165) is 35.1 Å². The number of methoxy groups -OCH3 is 2. The van der Waals surface area contributed by atoms with Crippen molar-refractivity contribution in [2.24, 2.45) is 5.73 Å². The molecule has 4 heteroatoms. The molecule has 0 bridgehead atoms. The van der Waals surface area contributed by atoms with E-state index in [2.05, 4.69) is 0 Å². The van der Waals surface area contributed by atoms with Crippen LogP contribution >= 0.6 is 11.8 Å². The predicted octanol–water partition coefficient (Wildman–Crippen LogP) is 2.14. The highest BCUT2D eigenvalue weighted by molar-refractivity contribution is 7.99. The Kier molecular flexibility index (Phi) is 5.36. The SMILES string of the molecule is COc1ccc(SCCCN)c(OC)c1. The summed E-state index contributed by atoms with van der Waals surface area (Å²) in [5.41, 5.74) is 5.44. The minimum absolute atomic E-state index is 0.728. The van der Waals surface area contributed by atoms with Crippen molar-refractivity contribution in [1.82, 2.24) is 0 Å². The molecule has 0 saturated heterocycles. The topological polar surface area (TPSA) is 44.5 Å². The van der Waals surface area contributed by atoms with Crippen molar-refractivity contribution in [2.75, 3.05) is 26.5 Å². The molecule has 3 nitrogen and oxygen atoms in total. The lowest BCUT2D eigenvalue weighted by Gasteiger charge is -2.09. The Labute approximate surface area is 94.9 Å². The van der Waals surface area contributed by atoms with Gasteiger partial charge in [-0.25, -0.2) is 0 Å². The monoisotopic (exact) mass is 227 g/mol. The number of nitrogens with two attached hydrogens (primary N) is 1. The summed E-state index contributed by atoms with van der Waals surface area (Å²) < 4.78 is 10.4. The Hall–Kier alpha value is -0.870. The van der Waals surface area contributed by atoms with Crippen molar-refractivity contribution >= 4 is 11.8 Å². The number of ether oxygens (including phenoxy) is 2. The third kappa shape index (κ3) is 3.64. The van der Waals surface area contributed by atoms with Crippen LogP contribution in [0.1, 0.15) is 6.42 Å². The van der Waals surface area contributed by atoms with Crippen LogP contribution in [-0.2, 0) is 0 Å². The molecule has 0 heterocycles. The van der Waals surface area contributed by atoms with Crippen molar-refractivity contribution in [1.29, 1.82) is 0 Å². The zero-order valence-corrected chi connectivity index (χ0v) is 9.97. The molecule has 0 saturated carbocycles. The largest absolute Gasteiger partial charge is 0.497 e. The maximum Gasteiger partial charge on any atom is 0.136 e. The number of hydrogen-bond acceptors (Lipinski definition) is 4. The maximum absolute atomic E-state index is 5.44. The number of benzene rings is 1. The summed E-state index contributed by atoms with van der Waals surface area (Å²) >= 11 is 1.75. The van der Waals surface area contributed by atoms with Gasteiger partial charge in [-0.1, -0.05) is 0 Å². The Morgan fingerprint density at radius 2 is 2.07 bits per heavy atom. The Morgan fingerprint density at radius 3 is 2.67 bits per heavy atom. The van der Waals surface area contributed by atoms with E-state index in [9.17, 15) is 0 Å². The molecule has 1 aromatic carbocycles. The fourth-order valence-electron chi connectivity index (χ4n) is 1.16. The third-order valence-electron chi connectivity index (χ3n) is 1.98. The van der Waals surface area contributed by atoms with Crippen molar-refractivity contribution < 1.29 is 9.47 Å². The van der Waals surface area contributed by atoms with Gasteiger partial charge in [-0.3, -0.25) is 0 Å². The van der Waals surface area contributed by atoms with Crippen molar-refractivity contribution in [2.45, 2.75) is 11.3 Å². The maximum atomic E-state index is 5.44. The summed E-state index contributed by atoms with van der Waals surface area (Å²) in [6.45, 7) is 0.728. The van der Waals surface area contributed by atoms with Gasteiger partial charge >= 0.3 is 0 Å². The van der Waals surface area contributed by atoms with Gasteiger partial charge in [0.25, 0.3) is 0 Å².